The highest BCUT2D eigenvalue weighted by Gasteiger charge is 2.01. The maximum absolute atomic E-state index is 11.8. The van der Waals surface area contributed by atoms with Gasteiger partial charge in [-0.1, -0.05) is 116 Å². The summed E-state index contributed by atoms with van der Waals surface area (Å²) in [6, 6.07) is 0. The van der Waals surface area contributed by atoms with Crippen molar-refractivity contribution in [3.8, 4) is 0 Å². The van der Waals surface area contributed by atoms with E-state index in [0.29, 0.717) is 0 Å². The van der Waals surface area contributed by atoms with Crippen LogP contribution in [-0.2, 0) is 4.79 Å². The van der Waals surface area contributed by atoms with Crippen molar-refractivity contribution in [2.45, 2.75) is 148 Å². The van der Waals surface area contributed by atoms with E-state index < -0.39 is 0 Å². The van der Waals surface area contributed by atoms with Gasteiger partial charge in [0.15, 0.2) is 0 Å². The van der Waals surface area contributed by atoms with Crippen LogP contribution in [0.4, 0.5) is 0 Å². The summed E-state index contributed by atoms with van der Waals surface area (Å²) in [6.07, 6.45) is 29.2. The molecule has 1 amide bonds. The third-order valence-electron chi connectivity index (χ3n) is 6.25. The SMILES string of the molecule is CCCCCCCCCCCCCCCCCCC(=O)NCCCCCCC[NH2+]C. The molecule has 0 saturated heterocycles. The molecule has 0 saturated carbocycles. The fraction of sp³-hybridized carbons (Fsp3) is 0.963. The number of hydrogen-bond acceptors (Lipinski definition) is 1. The van der Waals surface area contributed by atoms with Crippen LogP contribution < -0.4 is 10.6 Å². The number of carbonyl (C=O) groups is 1. The molecular formula is C27H57N2O+. The molecule has 0 aromatic rings. The van der Waals surface area contributed by atoms with Crippen molar-refractivity contribution in [1.82, 2.24) is 5.32 Å². The van der Waals surface area contributed by atoms with Crippen molar-refractivity contribution in [1.29, 1.82) is 0 Å². The van der Waals surface area contributed by atoms with Crippen LogP contribution in [0.25, 0.3) is 0 Å². The molecule has 3 N–H and O–H groups in total. The van der Waals surface area contributed by atoms with Crippen molar-refractivity contribution in [2.24, 2.45) is 0 Å². The Hall–Kier alpha value is -0.570. The monoisotopic (exact) mass is 425 g/mol. The zero-order chi connectivity index (χ0) is 22.0. The highest BCUT2D eigenvalue weighted by atomic mass is 16.1. The van der Waals surface area contributed by atoms with E-state index in [2.05, 4.69) is 24.6 Å². The number of quaternary nitrogens is 1. The first-order chi connectivity index (χ1) is 14.8. The lowest BCUT2D eigenvalue weighted by molar-refractivity contribution is -0.627. The Kier molecular flexibility index (Phi) is 26.0. The Bertz CT molecular complexity index is 333. The summed E-state index contributed by atoms with van der Waals surface area (Å²) in [6.45, 7) is 4.41. The van der Waals surface area contributed by atoms with Crippen LogP contribution in [-0.4, -0.2) is 26.0 Å². The number of nitrogens with one attached hydrogen (secondary N) is 1. The highest BCUT2D eigenvalue weighted by molar-refractivity contribution is 5.75. The van der Waals surface area contributed by atoms with Crippen LogP contribution >= 0.6 is 0 Å². The molecule has 3 heteroatoms. The summed E-state index contributed by atoms with van der Waals surface area (Å²) in [7, 11) is 2.13. The number of nitrogens with two attached hydrogens (primary N) is 1. The van der Waals surface area contributed by atoms with Gasteiger partial charge in [-0.3, -0.25) is 4.79 Å². The maximum atomic E-state index is 11.8. The van der Waals surface area contributed by atoms with Crippen molar-refractivity contribution in [2.75, 3.05) is 20.1 Å². The van der Waals surface area contributed by atoms with Gasteiger partial charge in [0.05, 0.1) is 13.6 Å². The molecule has 0 aliphatic rings. The second-order valence-electron chi connectivity index (χ2n) is 9.37. The van der Waals surface area contributed by atoms with Gasteiger partial charge in [0.2, 0.25) is 5.91 Å². The van der Waals surface area contributed by atoms with Gasteiger partial charge in [-0.2, -0.15) is 0 Å². The van der Waals surface area contributed by atoms with Gasteiger partial charge >= 0.3 is 0 Å². The summed E-state index contributed by atoms with van der Waals surface area (Å²) >= 11 is 0. The van der Waals surface area contributed by atoms with Crippen molar-refractivity contribution < 1.29 is 10.1 Å². The molecule has 0 spiro atoms. The van der Waals surface area contributed by atoms with Crippen LogP contribution in [0.15, 0.2) is 0 Å². The molecule has 0 heterocycles. The molecule has 0 unspecified atom stereocenters. The van der Waals surface area contributed by atoms with Gasteiger partial charge in [0.25, 0.3) is 0 Å². The minimum Gasteiger partial charge on any atom is -0.356 e. The van der Waals surface area contributed by atoms with Gasteiger partial charge < -0.3 is 10.6 Å². The first kappa shape index (κ1) is 29.4. The fourth-order valence-corrected chi connectivity index (χ4v) is 4.15. The molecule has 0 bridgehead atoms. The molecule has 0 atom stereocenters. The van der Waals surface area contributed by atoms with Crippen LogP contribution in [0.1, 0.15) is 148 Å². The smallest absolute Gasteiger partial charge is 0.219 e. The van der Waals surface area contributed by atoms with E-state index in [1.165, 1.54) is 129 Å². The molecule has 0 aliphatic heterocycles. The Labute approximate surface area is 189 Å². The normalized spacial score (nSPS) is 11.1. The number of carbonyl (C=O) groups excluding carboxylic acids is 1. The van der Waals surface area contributed by atoms with Crippen molar-refractivity contribution in [3.05, 3.63) is 0 Å². The van der Waals surface area contributed by atoms with E-state index in [9.17, 15) is 4.79 Å². The van der Waals surface area contributed by atoms with Gasteiger partial charge in [0.1, 0.15) is 0 Å². The highest BCUT2D eigenvalue weighted by Crippen LogP contribution is 2.14. The molecule has 180 valence electrons. The lowest BCUT2D eigenvalue weighted by atomic mass is 10.0. The van der Waals surface area contributed by atoms with Crippen LogP contribution in [0.2, 0.25) is 0 Å². The number of unbranched alkanes of at least 4 members (excludes halogenated alkanes) is 19. The van der Waals surface area contributed by atoms with E-state index in [1.54, 1.807) is 0 Å². The van der Waals surface area contributed by atoms with Gasteiger partial charge in [-0.05, 0) is 25.7 Å². The number of hydrogen-bond donors (Lipinski definition) is 2. The minimum absolute atomic E-state index is 0.265. The summed E-state index contributed by atoms with van der Waals surface area (Å²) in [5.74, 6) is 0.265. The molecular weight excluding hydrogens is 368 g/mol. The lowest BCUT2D eigenvalue weighted by Crippen LogP contribution is -2.79. The second kappa shape index (κ2) is 26.5. The van der Waals surface area contributed by atoms with Gasteiger partial charge in [0, 0.05) is 13.0 Å². The van der Waals surface area contributed by atoms with Crippen molar-refractivity contribution >= 4 is 5.91 Å². The standard InChI is InChI=1S/C27H56N2O/c1-3-4-5-6-7-8-9-10-11-12-13-14-15-16-18-21-24-27(30)29-26-23-20-17-19-22-25-28-2/h28H,3-26H2,1-2H3,(H,29,30)/p+1. The Balaban J connectivity index is 3.12. The molecule has 0 fully saturated rings. The first-order valence-electron chi connectivity index (χ1n) is 13.9. The average Bonchev–Trinajstić information content (AvgIpc) is 2.75. The van der Waals surface area contributed by atoms with Crippen LogP contribution in [0, 0.1) is 0 Å². The fourth-order valence-electron chi connectivity index (χ4n) is 4.15. The average molecular weight is 426 g/mol. The zero-order valence-electron chi connectivity index (χ0n) is 21.0. The largest absolute Gasteiger partial charge is 0.356 e. The third-order valence-corrected chi connectivity index (χ3v) is 6.25. The molecule has 30 heavy (non-hydrogen) atoms. The molecule has 0 aromatic carbocycles. The van der Waals surface area contributed by atoms with Gasteiger partial charge in [-0.25, -0.2) is 0 Å². The lowest BCUT2D eigenvalue weighted by Gasteiger charge is -2.06. The Morgan fingerprint density at radius 2 is 0.967 bits per heavy atom. The first-order valence-corrected chi connectivity index (χ1v) is 13.9. The van der Waals surface area contributed by atoms with E-state index >= 15 is 0 Å². The molecule has 0 aliphatic carbocycles. The molecule has 0 aromatic heterocycles. The van der Waals surface area contributed by atoms with Crippen LogP contribution in [0.3, 0.4) is 0 Å². The number of rotatable bonds is 25. The topological polar surface area (TPSA) is 45.7 Å². The summed E-state index contributed by atoms with van der Waals surface area (Å²) in [4.78, 5) is 11.8. The minimum atomic E-state index is 0.265. The molecule has 0 radical (unpaired) electrons. The van der Waals surface area contributed by atoms with Crippen LogP contribution in [0.5, 0.6) is 0 Å². The summed E-state index contributed by atoms with van der Waals surface area (Å²) in [5, 5.41) is 5.34. The molecule has 0 rings (SSSR count). The van der Waals surface area contributed by atoms with E-state index in [0.717, 1.165) is 25.8 Å². The van der Waals surface area contributed by atoms with Crippen molar-refractivity contribution in [3.63, 3.8) is 0 Å². The zero-order valence-corrected chi connectivity index (χ0v) is 21.0. The predicted molar refractivity (Wildman–Crippen MR) is 133 cm³/mol. The Morgan fingerprint density at radius 1 is 0.567 bits per heavy atom. The Morgan fingerprint density at radius 3 is 1.43 bits per heavy atom. The third kappa shape index (κ3) is 25.5. The maximum Gasteiger partial charge on any atom is 0.219 e. The predicted octanol–water partition coefficient (Wildman–Crippen LogP) is 6.90. The molecule has 3 nitrogen and oxygen atoms in total. The number of amides is 1. The van der Waals surface area contributed by atoms with E-state index in [-0.39, 0.29) is 5.91 Å². The quantitative estimate of drug-likeness (QED) is 0.154. The summed E-state index contributed by atoms with van der Waals surface area (Å²) in [5.41, 5.74) is 0. The summed E-state index contributed by atoms with van der Waals surface area (Å²) < 4.78 is 0. The van der Waals surface area contributed by atoms with Gasteiger partial charge in [-0.15, -0.1) is 0 Å². The van der Waals surface area contributed by atoms with E-state index in [1.807, 2.05) is 0 Å². The van der Waals surface area contributed by atoms with E-state index in [4.69, 9.17) is 0 Å². The second-order valence-corrected chi connectivity index (χ2v) is 9.37.